The molecule has 0 radical (unpaired) electrons. The molecule has 2 rings (SSSR count). The molecule has 0 aromatic carbocycles. The van der Waals surface area contributed by atoms with Crippen molar-refractivity contribution in [2.45, 2.75) is 31.9 Å². The van der Waals surface area contributed by atoms with Gasteiger partial charge in [-0.25, -0.2) is 4.98 Å². The Balaban J connectivity index is 1.93. The van der Waals surface area contributed by atoms with E-state index in [1.165, 1.54) is 5.56 Å². The predicted octanol–water partition coefficient (Wildman–Crippen LogP) is 1.68. The van der Waals surface area contributed by atoms with E-state index in [0.29, 0.717) is 0 Å². The van der Waals surface area contributed by atoms with Crippen molar-refractivity contribution in [2.24, 2.45) is 5.73 Å². The molecular weight excluding hydrogens is 188 g/mol. The van der Waals surface area contributed by atoms with Crippen molar-refractivity contribution in [1.29, 1.82) is 0 Å². The highest BCUT2D eigenvalue weighted by molar-refractivity contribution is 5.31. The predicted molar refractivity (Wildman–Crippen MR) is 59.8 cm³/mol. The third-order valence-corrected chi connectivity index (χ3v) is 2.39. The van der Waals surface area contributed by atoms with Crippen molar-refractivity contribution >= 4 is 0 Å². The van der Waals surface area contributed by atoms with E-state index in [2.05, 4.69) is 23.2 Å². The number of aromatic nitrogens is 1. The quantitative estimate of drug-likeness (QED) is 0.762. The van der Waals surface area contributed by atoms with E-state index in [4.69, 9.17) is 10.5 Å². The molecule has 0 amide bonds. The first-order chi connectivity index (χ1) is 7.25. The van der Waals surface area contributed by atoms with E-state index in [9.17, 15) is 0 Å². The third-order valence-electron chi connectivity index (χ3n) is 2.39. The Bertz CT molecular complexity index is 335. The summed E-state index contributed by atoms with van der Waals surface area (Å²) in [6, 6.07) is 4.21. The minimum absolute atomic E-state index is 0.133. The first-order valence-corrected chi connectivity index (χ1v) is 5.28. The summed E-state index contributed by atoms with van der Waals surface area (Å²) in [6.45, 7) is 2.00. The number of nitrogens with zero attached hydrogens (tertiary/aromatic N) is 1. The fourth-order valence-corrected chi connectivity index (χ4v) is 1.64. The minimum Gasteiger partial charge on any atom is -0.470 e. The molecule has 2 N–H and O–H groups in total. The fraction of sp³-hybridized carbons (Fsp3) is 0.417. The largest absolute Gasteiger partial charge is 0.470 e. The summed E-state index contributed by atoms with van der Waals surface area (Å²) in [7, 11) is 0. The third kappa shape index (κ3) is 2.57. The van der Waals surface area contributed by atoms with Gasteiger partial charge in [0.15, 0.2) is 0 Å². The molecule has 2 heterocycles. The van der Waals surface area contributed by atoms with Crippen molar-refractivity contribution in [1.82, 2.24) is 4.98 Å². The molecule has 15 heavy (non-hydrogen) atoms. The molecule has 0 fully saturated rings. The SMILES string of the molecule is CC(N)CC=CC1Cc2cccnc2O1. The van der Waals surface area contributed by atoms with E-state index in [-0.39, 0.29) is 12.1 Å². The van der Waals surface area contributed by atoms with Gasteiger partial charge in [0.05, 0.1) is 0 Å². The van der Waals surface area contributed by atoms with E-state index in [1.54, 1.807) is 6.20 Å². The Kier molecular flexibility index (Phi) is 3.02. The summed E-state index contributed by atoms with van der Waals surface area (Å²) in [5.41, 5.74) is 6.84. The Morgan fingerprint density at radius 3 is 3.33 bits per heavy atom. The lowest BCUT2D eigenvalue weighted by Crippen LogP contribution is -2.14. The van der Waals surface area contributed by atoms with Gasteiger partial charge >= 0.3 is 0 Å². The van der Waals surface area contributed by atoms with Crippen LogP contribution in [0.25, 0.3) is 0 Å². The molecule has 1 aliphatic heterocycles. The monoisotopic (exact) mass is 204 g/mol. The number of hydrogen-bond donors (Lipinski definition) is 1. The highest BCUT2D eigenvalue weighted by Gasteiger charge is 2.20. The average molecular weight is 204 g/mol. The summed E-state index contributed by atoms with van der Waals surface area (Å²) >= 11 is 0. The first-order valence-electron chi connectivity index (χ1n) is 5.28. The van der Waals surface area contributed by atoms with Crippen LogP contribution < -0.4 is 10.5 Å². The molecule has 3 nitrogen and oxygen atoms in total. The fourth-order valence-electron chi connectivity index (χ4n) is 1.64. The van der Waals surface area contributed by atoms with Gasteiger partial charge in [-0.3, -0.25) is 0 Å². The van der Waals surface area contributed by atoms with Gasteiger partial charge in [-0.05, 0) is 25.5 Å². The molecule has 0 bridgehead atoms. The van der Waals surface area contributed by atoms with Crippen LogP contribution in [0.2, 0.25) is 0 Å². The maximum atomic E-state index is 5.66. The van der Waals surface area contributed by atoms with Crippen molar-refractivity contribution in [2.75, 3.05) is 0 Å². The second-order valence-corrected chi connectivity index (χ2v) is 3.97. The molecule has 3 heteroatoms. The van der Waals surface area contributed by atoms with Gasteiger partial charge in [-0.2, -0.15) is 0 Å². The van der Waals surface area contributed by atoms with Gasteiger partial charge in [-0.1, -0.05) is 12.1 Å². The summed E-state index contributed by atoms with van der Waals surface area (Å²) < 4.78 is 5.65. The second-order valence-electron chi connectivity index (χ2n) is 3.97. The Morgan fingerprint density at radius 1 is 1.73 bits per heavy atom. The lowest BCUT2D eigenvalue weighted by molar-refractivity contribution is 0.273. The van der Waals surface area contributed by atoms with Crippen LogP contribution in [-0.4, -0.2) is 17.1 Å². The lowest BCUT2D eigenvalue weighted by atomic mass is 10.1. The van der Waals surface area contributed by atoms with Crippen LogP contribution in [0.5, 0.6) is 5.88 Å². The highest BCUT2D eigenvalue weighted by Crippen LogP contribution is 2.25. The zero-order valence-corrected chi connectivity index (χ0v) is 8.89. The average Bonchev–Trinajstić information content (AvgIpc) is 2.59. The maximum absolute atomic E-state index is 5.66. The van der Waals surface area contributed by atoms with E-state index in [0.717, 1.165) is 18.7 Å². The number of rotatable bonds is 3. The van der Waals surface area contributed by atoms with Crippen molar-refractivity contribution in [3.8, 4) is 5.88 Å². The molecule has 0 saturated heterocycles. The molecule has 1 aliphatic rings. The summed E-state index contributed by atoms with van der Waals surface area (Å²) in [4.78, 5) is 4.17. The van der Waals surface area contributed by atoms with Crippen molar-refractivity contribution < 1.29 is 4.74 Å². The molecule has 2 atom stereocenters. The van der Waals surface area contributed by atoms with Crippen molar-refractivity contribution in [3.63, 3.8) is 0 Å². The van der Waals surface area contributed by atoms with Gasteiger partial charge in [0.1, 0.15) is 6.10 Å². The van der Waals surface area contributed by atoms with E-state index >= 15 is 0 Å². The smallest absolute Gasteiger partial charge is 0.217 e. The topological polar surface area (TPSA) is 48.1 Å². The maximum Gasteiger partial charge on any atom is 0.217 e. The molecule has 1 aromatic rings. The molecule has 80 valence electrons. The minimum atomic E-state index is 0.133. The van der Waals surface area contributed by atoms with Crippen LogP contribution in [0.15, 0.2) is 30.5 Å². The first kappa shape index (κ1) is 10.2. The van der Waals surface area contributed by atoms with Crippen LogP contribution in [0.1, 0.15) is 18.9 Å². The number of fused-ring (bicyclic) bond motifs is 1. The highest BCUT2D eigenvalue weighted by atomic mass is 16.5. The number of hydrogen-bond acceptors (Lipinski definition) is 3. The molecule has 0 spiro atoms. The zero-order valence-electron chi connectivity index (χ0n) is 8.89. The van der Waals surface area contributed by atoms with Gasteiger partial charge in [-0.15, -0.1) is 0 Å². The normalized spacial score (nSPS) is 21.3. The zero-order chi connectivity index (χ0) is 10.7. The molecule has 1 aromatic heterocycles. The molecular formula is C12H16N2O. The van der Waals surface area contributed by atoms with E-state index in [1.807, 2.05) is 13.0 Å². The number of ether oxygens (including phenoxy) is 1. The van der Waals surface area contributed by atoms with Crippen molar-refractivity contribution in [3.05, 3.63) is 36.0 Å². The lowest BCUT2D eigenvalue weighted by Gasteiger charge is -2.04. The number of nitrogens with two attached hydrogens (primary N) is 1. The van der Waals surface area contributed by atoms with Crippen LogP contribution in [0, 0.1) is 0 Å². The summed E-state index contributed by atoms with van der Waals surface area (Å²) in [5.74, 6) is 0.771. The molecule has 0 aliphatic carbocycles. The molecule has 2 unspecified atom stereocenters. The van der Waals surface area contributed by atoms with Gasteiger partial charge < -0.3 is 10.5 Å². The van der Waals surface area contributed by atoms with Crippen LogP contribution in [0.4, 0.5) is 0 Å². The summed E-state index contributed by atoms with van der Waals surface area (Å²) in [5, 5.41) is 0. The summed E-state index contributed by atoms with van der Waals surface area (Å²) in [6.07, 6.45) is 7.86. The van der Waals surface area contributed by atoms with Crippen LogP contribution in [0.3, 0.4) is 0 Å². The molecule has 0 saturated carbocycles. The van der Waals surface area contributed by atoms with Gasteiger partial charge in [0, 0.05) is 24.2 Å². The Morgan fingerprint density at radius 2 is 2.60 bits per heavy atom. The van der Waals surface area contributed by atoms with Crippen LogP contribution in [-0.2, 0) is 6.42 Å². The Labute approximate surface area is 90.0 Å². The van der Waals surface area contributed by atoms with Gasteiger partial charge in [0.25, 0.3) is 0 Å². The second kappa shape index (κ2) is 4.45. The van der Waals surface area contributed by atoms with E-state index < -0.39 is 0 Å². The standard InChI is InChI=1S/C12H16N2O/c1-9(13)4-2-6-11-8-10-5-3-7-14-12(10)15-11/h2-3,5-7,9,11H,4,8,13H2,1H3. The Hall–Kier alpha value is -1.35. The number of pyridine rings is 1. The van der Waals surface area contributed by atoms with Crippen LogP contribution >= 0.6 is 0 Å². The van der Waals surface area contributed by atoms with Gasteiger partial charge in [0.2, 0.25) is 5.88 Å².